The average molecular weight is 517 g/mol. The number of ether oxygens (including phenoxy) is 2. The molecule has 0 atom stereocenters. The van der Waals surface area contributed by atoms with Gasteiger partial charge in [-0.1, -0.05) is 12.1 Å². The predicted octanol–water partition coefficient (Wildman–Crippen LogP) is 1.77. The Morgan fingerprint density at radius 3 is 2.67 bits per heavy atom. The molecule has 1 aliphatic carbocycles. The molecule has 3 N–H and O–H groups in total. The predicted molar refractivity (Wildman–Crippen MR) is 136 cm³/mol. The minimum atomic E-state index is -0.663. The number of likely N-dealkylation sites (N-methyl/N-ethyl adjacent to an activating group) is 1. The SMILES string of the molecule is COC(=O)c1c(OCc2cccc(C(=O)NC3CC3)c2)nsc1NC(=O)NCCN1CCN(C)CC1. The van der Waals surface area contributed by atoms with E-state index in [0.29, 0.717) is 12.1 Å². The zero-order valence-corrected chi connectivity index (χ0v) is 21.4. The Labute approximate surface area is 214 Å². The molecular weight excluding hydrogens is 484 g/mol. The summed E-state index contributed by atoms with van der Waals surface area (Å²) in [4.78, 5) is 41.8. The number of hydrogen-bond donors (Lipinski definition) is 3. The number of hydrogen-bond acceptors (Lipinski definition) is 9. The summed E-state index contributed by atoms with van der Waals surface area (Å²) in [6.07, 6.45) is 2.03. The fourth-order valence-electron chi connectivity index (χ4n) is 3.74. The van der Waals surface area contributed by atoms with Crippen molar-refractivity contribution in [2.45, 2.75) is 25.5 Å². The topological polar surface area (TPSA) is 125 Å². The Bertz CT molecular complexity index is 1080. The van der Waals surface area contributed by atoms with Gasteiger partial charge in [0.2, 0.25) is 5.88 Å². The largest absolute Gasteiger partial charge is 0.472 e. The first-order valence-electron chi connectivity index (χ1n) is 12.0. The van der Waals surface area contributed by atoms with Gasteiger partial charge in [-0.15, -0.1) is 0 Å². The number of carbonyl (C=O) groups is 3. The van der Waals surface area contributed by atoms with Crippen molar-refractivity contribution < 1.29 is 23.9 Å². The Morgan fingerprint density at radius 2 is 1.94 bits per heavy atom. The monoisotopic (exact) mass is 516 g/mol. The quantitative estimate of drug-likeness (QED) is 0.408. The van der Waals surface area contributed by atoms with E-state index in [1.807, 2.05) is 6.07 Å². The van der Waals surface area contributed by atoms with E-state index >= 15 is 0 Å². The van der Waals surface area contributed by atoms with Gasteiger partial charge in [0.1, 0.15) is 11.6 Å². The molecule has 3 amide bonds. The second-order valence-corrected chi connectivity index (χ2v) is 9.72. The summed E-state index contributed by atoms with van der Waals surface area (Å²) in [6.45, 7) is 5.28. The molecule has 0 bridgehead atoms. The van der Waals surface area contributed by atoms with Crippen LogP contribution < -0.4 is 20.7 Å². The van der Waals surface area contributed by atoms with E-state index in [-0.39, 0.29) is 35.0 Å². The number of nitrogens with zero attached hydrogens (tertiary/aromatic N) is 3. The molecule has 1 saturated heterocycles. The zero-order chi connectivity index (χ0) is 25.5. The summed E-state index contributed by atoms with van der Waals surface area (Å²) in [6, 6.07) is 6.93. The van der Waals surface area contributed by atoms with Gasteiger partial charge in [-0.3, -0.25) is 15.0 Å². The summed E-state index contributed by atoms with van der Waals surface area (Å²) in [5, 5.41) is 8.70. The molecule has 2 aromatic rings. The molecule has 1 aliphatic heterocycles. The van der Waals surface area contributed by atoms with Crippen LogP contribution in [0, 0.1) is 0 Å². The number of rotatable bonds is 10. The third kappa shape index (κ3) is 7.15. The molecule has 4 rings (SSSR count). The van der Waals surface area contributed by atoms with E-state index in [2.05, 4.69) is 37.2 Å². The highest BCUT2D eigenvalue weighted by molar-refractivity contribution is 7.11. The molecule has 194 valence electrons. The van der Waals surface area contributed by atoms with Crippen LogP contribution >= 0.6 is 11.5 Å². The van der Waals surface area contributed by atoms with Crippen molar-refractivity contribution >= 4 is 34.4 Å². The fourth-order valence-corrected chi connectivity index (χ4v) is 4.46. The number of piperazine rings is 1. The van der Waals surface area contributed by atoms with Crippen molar-refractivity contribution in [2.24, 2.45) is 0 Å². The molecular formula is C24H32N6O5S. The summed E-state index contributed by atoms with van der Waals surface area (Å²) in [5.74, 6) is -0.718. The lowest BCUT2D eigenvalue weighted by atomic mass is 10.1. The molecule has 0 radical (unpaired) electrons. The summed E-state index contributed by atoms with van der Waals surface area (Å²) >= 11 is 0.939. The van der Waals surface area contributed by atoms with Crippen molar-refractivity contribution in [3.8, 4) is 5.88 Å². The average Bonchev–Trinajstić information content (AvgIpc) is 3.61. The molecule has 12 heteroatoms. The van der Waals surface area contributed by atoms with Gasteiger partial charge in [0.05, 0.1) is 7.11 Å². The van der Waals surface area contributed by atoms with Crippen molar-refractivity contribution in [2.75, 3.05) is 58.7 Å². The van der Waals surface area contributed by atoms with Crippen LogP contribution in [0.2, 0.25) is 0 Å². The van der Waals surface area contributed by atoms with Gasteiger partial charge in [-0.25, -0.2) is 9.59 Å². The van der Waals surface area contributed by atoms with Crippen molar-refractivity contribution in [1.29, 1.82) is 0 Å². The van der Waals surface area contributed by atoms with Crippen LogP contribution in [-0.2, 0) is 11.3 Å². The standard InChI is InChI=1S/C24H32N6O5S/c1-29-10-12-30(13-11-29)9-8-25-24(33)27-22-19(23(32)34-2)21(28-36-22)35-15-16-4-3-5-17(14-16)20(31)26-18-6-7-18/h3-5,14,18H,6-13,15H2,1-2H3,(H,26,31)(H2,25,27,33). The van der Waals surface area contributed by atoms with Gasteiger partial charge in [0.15, 0.2) is 5.56 Å². The van der Waals surface area contributed by atoms with Crippen LogP contribution in [0.15, 0.2) is 24.3 Å². The van der Waals surface area contributed by atoms with Crippen LogP contribution in [0.3, 0.4) is 0 Å². The Kier molecular flexibility index (Phi) is 8.73. The second kappa shape index (κ2) is 12.2. The van der Waals surface area contributed by atoms with Crippen molar-refractivity contribution in [3.05, 3.63) is 41.0 Å². The maximum atomic E-state index is 12.4. The first-order chi connectivity index (χ1) is 17.4. The van der Waals surface area contributed by atoms with Crippen LogP contribution in [0.1, 0.15) is 39.1 Å². The maximum absolute atomic E-state index is 12.4. The lowest BCUT2D eigenvalue weighted by Crippen LogP contribution is -2.47. The fraction of sp³-hybridized carbons (Fsp3) is 0.500. The van der Waals surface area contributed by atoms with Gasteiger partial charge >= 0.3 is 12.0 Å². The van der Waals surface area contributed by atoms with Crippen molar-refractivity contribution in [1.82, 2.24) is 24.8 Å². The van der Waals surface area contributed by atoms with Crippen LogP contribution in [0.25, 0.3) is 0 Å². The number of esters is 1. The van der Waals surface area contributed by atoms with Crippen LogP contribution in [-0.4, -0.2) is 91.5 Å². The summed E-state index contributed by atoms with van der Waals surface area (Å²) in [7, 11) is 3.35. The first kappa shape index (κ1) is 25.9. The van der Waals surface area contributed by atoms with Crippen LogP contribution in [0.5, 0.6) is 5.88 Å². The zero-order valence-electron chi connectivity index (χ0n) is 20.5. The summed E-state index contributed by atoms with van der Waals surface area (Å²) < 4.78 is 14.9. The van der Waals surface area contributed by atoms with E-state index in [9.17, 15) is 14.4 Å². The van der Waals surface area contributed by atoms with Gasteiger partial charge < -0.3 is 25.0 Å². The van der Waals surface area contributed by atoms with E-state index < -0.39 is 12.0 Å². The second-order valence-electron chi connectivity index (χ2n) is 8.95. The summed E-state index contributed by atoms with van der Waals surface area (Å²) in [5.41, 5.74) is 1.35. The molecule has 2 heterocycles. The first-order valence-corrected chi connectivity index (χ1v) is 12.8. The minimum absolute atomic E-state index is 0.0550. The maximum Gasteiger partial charge on any atom is 0.346 e. The Hall–Kier alpha value is -3.22. The van der Waals surface area contributed by atoms with Gasteiger partial charge in [-0.05, 0) is 49.1 Å². The Balaban J connectivity index is 1.32. The van der Waals surface area contributed by atoms with Gasteiger partial charge in [-0.2, -0.15) is 4.37 Å². The van der Waals surface area contributed by atoms with E-state index in [4.69, 9.17) is 9.47 Å². The molecule has 1 aromatic carbocycles. The molecule has 1 saturated carbocycles. The van der Waals surface area contributed by atoms with E-state index in [0.717, 1.165) is 62.7 Å². The number of carbonyl (C=O) groups excluding carboxylic acids is 3. The van der Waals surface area contributed by atoms with Crippen LogP contribution in [0.4, 0.5) is 9.80 Å². The number of urea groups is 1. The van der Waals surface area contributed by atoms with Gasteiger partial charge in [0, 0.05) is 50.9 Å². The number of nitrogens with one attached hydrogen (secondary N) is 3. The molecule has 0 unspecified atom stereocenters. The minimum Gasteiger partial charge on any atom is -0.472 e. The van der Waals surface area contributed by atoms with Crippen molar-refractivity contribution in [3.63, 3.8) is 0 Å². The lowest BCUT2D eigenvalue weighted by molar-refractivity contribution is 0.0596. The van der Waals surface area contributed by atoms with E-state index in [1.165, 1.54) is 7.11 Å². The number of benzene rings is 1. The molecule has 2 fully saturated rings. The number of aromatic nitrogens is 1. The third-order valence-electron chi connectivity index (χ3n) is 6.06. The normalized spacial score (nSPS) is 16.3. The smallest absolute Gasteiger partial charge is 0.346 e. The highest BCUT2D eigenvalue weighted by Gasteiger charge is 2.26. The lowest BCUT2D eigenvalue weighted by Gasteiger charge is -2.32. The molecule has 11 nitrogen and oxygen atoms in total. The number of methoxy groups -OCH3 is 1. The van der Waals surface area contributed by atoms with E-state index in [1.54, 1.807) is 18.2 Å². The number of amides is 3. The molecule has 1 aromatic heterocycles. The number of anilines is 1. The van der Waals surface area contributed by atoms with Gasteiger partial charge in [0.25, 0.3) is 5.91 Å². The third-order valence-corrected chi connectivity index (χ3v) is 6.81. The molecule has 0 spiro atoms. The molecule has 2 aliphatic rings. The highest BCUT2D eigenvalue weighted by Crippen LogP contribution is 2.32. The highest BCUT2D eigenvalue weighted by atomic mass is 32.1. The molecule has 36 heavy (non-hydrogen) atoms. The Morgan fingerprint density at radius 1 is 1.17 bits per heavy atom.